The molecule has 1 aromatic carbocycles. The molecule has 0 fully saturated rings. The maximum atomic E-state index is 6.49. The van der Waals surface area contributed by atoms with Crippen LogP contribution in [0, 0.1) is 6.92 Å². The highest BCUT2D eigenvalue weighted by Gasteiger charge is 2.27. The second kappa shape index (κ2) is 8.89. The molecule has 0 saturated heterocycles. The van der Waals surface area contributed by atoms with Gasteiger partial charge < -0.3 is 5.73 Å². The van der Waals surface area contributed by atoms with Crippen molar-refractivity contribution in [1.29, 1.82) is 0 Å². The molecular weight excluding hydrogens is 314 g/mol. The van der Waals surface area contributed by atoms with Gasteiger partial charge in [-0.3, -0.25) is 0 Å². The molecule has 26 heavy (non-hydrogen) atoms. The summed E-state index contributed by atoms with van der Waals surface area (Å²) in [5.74, 6) is 0.0329. The van der Waals surface area contributed by atoms with E-state index in [1.807, 2.05) is 0 Å². The highest BCUT2D eigenvalue weighted by molar-refractivity contribution is 5.63. The van der Waals surface area contributed by atoms with Gasteiger partial charge in [-0.2, -0.15) is 0 Å². The van der Waals surface area contributed by atoms with Gasteiger partial charge in [0.25, 0.3) is 0 Å². The third-order valence-electron chi connectivity index (χ3n) is 5.02. The molecule has 2 N–H and O–H groups in total. The van der Waals surface area contributed by atoms with Crippen molar-refractivity contribution in [2.45, 2.75) is 61.3 Å². The number of rotatable bonds is 6. The first-order chi connectivity index (χ1) is 12.0. The molecule has 0 spiro atoms. The van der Waals surface area contributed by atoms with E-state index in [0.29, 0.717) is 0 Å². The van der Waals surface area contributed by atoms with Gasteiger partial charge in [-0.15, -0.1) is 0 Å². The molecule has 0 aromatic heterocycles. The van der Waals surface area contributed by atoms with Crippen molar-refractivity contribution in [2.75, 3.05) is 5.73 Å². The van der Waals surface area contributed by atoms with Crippen molar-refractivity contribution >= 4 is 5.69 Å². The third-order valence-corrected chi connectivity index (χ3v) is 5.02. The number of hydrogen-bond acceptors (Lipinski definition) is 1. The van der Waals surface area contributed by atoms with Crippen molar-refractivity contribution in [3.63, 3.8) is 0 Å². The van der Waals surface area contributed by atoms with Crippen molar-refractivity contribution in [3.05, 3.63) is 87.6 Å². The second-order valence-electron chi connectivity index (χ2n) is 7.55. The highest BCUT2D eigenvalue weighted by Crippen LogP contribution is 2.44. The lowest BCUT2D eigenvalue weighted by Gasteiger charge is -2.30. The molecule has 1 aromatic rings. The normalized spacial score (nSPS) is 13.8. The zero-order chi connectivity index (χ0) is 20.2. The lowest BCUT2D eigenvalue weighted by atomic mass is 9.74. The van der Waals surface area contributed by atoms with E-state index in [1.165, 1.54) is 33.4 Å². The molecule has 0 amide bonds. The Kier molecular flexibility index (Phi) is 7.44. The van der Waals surface area contributed by atoms with Crippen LogP contribution in [-0.4, -0.2) is 0 Å². The van der Waals surface area contributed by atoms with Crippen LogP contribution in [0.2, 0.25) is 0 Å². The molecule has 0 aliphatic heterocycles. The van der Waals surface area contributed by atoms with E-state index in [2.05, 4.69) is 92.8 Å². The van der Waals surface area contributed by atoms with Crippen molar-refractivity contribution in [2.24, 2.45) is 0 Å². The fourth-order valence-corrected chi connectivity index (χ4v) is 3.59. The maximum Gasteiger partial charge on any atom is 0.0367 e. The van der Waals surface area contributed by atoms with Gasteiger partial charge >= 0.3 is 0 Å². The van der Waals surface area contributed by atoms with E-state index < -0.39 is 0 Å². The van der Waals surface area contributed by atoms with Crippen LogP contribution < -0.4 is 5.73 Å². The number of benzene rings is 1. The maximum absolute atomic E-state index is 6.49. The van der Waals surface area contributed by atoms with Gasteiger partial charge in [-0.25, -0.2) is 0 Å². The smallest absolute Gasteiger partial charge is 0.0367 e. The number of anilines is 1. The predicted octanol–water partition coefficient (Wildman–Crippen LogP) is 7.43. The Balaban J connectivity index is 4.00. The highest BCUT2D eigenvalue weighted by atomic mass is 14.6. The van der Waals surface area contributed by atoms with Crippen LogP contribution in [-0.2, 0) is 0 Å². The first-order valence-electron chi connectivity index (χ1n) is 9.22. The van der Waals surface area contributed by atoms with Crippen LogP contribution in [0.25, 0.3) is 0 Å². The Morgan fingerprint density at radius 2 is 1.50 bits per heavy atom. The Labute approximate surface area is 160 Å². The summed E-state index contributed by atoms with van der Waals surface area (Å²) in [7, 11) is 0. The number of nitrogens with two attached hydrogens (primary N) is 1. The van der Waals surface area contributed by atoms with Gasteiger partial charge in [-0.05, 0) is 89.3 Å². The summed E-state index contributed by atoms with van der Waals surface area (Å²) in [6.45, 7) is 25.5. The minimum absolute atomic E-state index is 0.0329. The molecule has 1 heteroatoms. The predicted molar refractivity (Wildman–Crippen MR) is 118 cm³/mol. The summed E-state index contributed by atoms with van der Waals surface area (Å²) in [5, 5.41) is 0. The summed E-state index contributed by atoms with van der Waals surface area (Å²) < 4.78 is 0. The topological polar surface area (TPSA) is 26.0 Å². The average Bonchev–Trinajstić information content (AvgIpc) is 2.52. The first-order valence-corrected chi connectivity index (χ1v) is 9.22. The summed E-state index contributed by atoms with van der Waals surface area (Å²) in [4.78, 5) is 0. The Hall–Kier alpha value is -2.28. The molecule has 0 saturated carbocycles. The van der Waals surface area contributed by atoms with E-state index in [1.54, 1.807) is 0 Å². The summed E-state index contributed by atoms with van der Waals surface area (Å²) in [5.41, 5.74) is 18.0. The van der Waals surface area contributed by atoms with Crippen LogP contribution in [0.3, 0.4) is 0 Å². The second-order valence-corrected chi connectivity index (χ2v) is 7.55. The van der Waals surface area contributed by atoms with Gasteiger partial charge in [0.1, 0.15) is 0 Å². The fraction of sp³-hybridized carbons (Fsp3) is 0.360. The Bertz CT molecular complexity index is 809. The summed E-state index contributed by atoms with van der Waals surface area (Å²) >= 11 is 0. The van der Waals surface area contributed by atoms with Crippen molar-refractivity contribution in [3.8, 4) is 0 Å². The van der Waals surface area contributed by atoms with Crippen LogP contribution in [0.5, 0.6) is 0 Å². The zero-order valence-electron chi connectivity index (χ0n) is 17.9. The van der Waals surface area contributed by atoms with E-state index in [4.69, 9.17) is 5.73 Å². The van der Waals surface area contributed by atoms with Gasteiger partial charge in [0, 0.05) is 11.6 Å². The lowest BCUT2D eigenvalue weighted by molar-refractivity contribution is 0.902. The fourth-order valence-electron chi connectivity index (χ4n) is 3.59. The molecule has 1 atom stereocenters. The quantitative estimate of drug-likeness (QED) is 0.419. The molecule has 1 rings (SSSR count). The molecule has 0 heterocycles. The molecular formula is C25H35N. The van der Waals surface area contributed by atoms with E-state index in [9.17, 15) is 0 Å². The largest absolute Gasteiger partial charge is 0.398 e. The molecule has 0 radical (unpaired) electrons. The Morgan fingerprint density at radius 3 is 1.88 bits per heavy atom. The summed E-state index contributed by atoms with van der Waals surface area (Å²) in [6, 6.07) is 6.34. The zero-order valence-corrected chi connectivity index (χ0v) is 17.9. The monoisotopic (exact) mass is 349 g/mol. The van der Waals surface area contributed by atoms with Crippen LogP contribution in [0.4, 0.5) is 5.69 Å². The molecule has 1 unspecified atom stereocenters. The molecule has 0 aliphatic rings. The number of allylic oxidation sites excluding steroid dienone is 8. The molecule has 140 valence electrons. The van der Waals surface area contributed by atoms with Gasteiger partial charge in [0.2, 0.25) is 0 Å². The van der Waals surface area contributed by atoms with E-state index >= 15 is 0 Å². The van der Waals surface area contributed by atoms with Crippen LogP contribution in [0.15, 0.2) is 76.4 Å². The molecule has 0 bridgehead atoms. The summed E-state index contributed by atoms with van der Waals surface area (Å²) in [6.07, 6.45) is 2.15. The van der Waals surface area contributed by atoms with Crippen molar-refractivity contribution in [1.82, 2.24) is 0 Å². The number of aryl methyl sites for hydroxylation is 1. The Morgan fingerprint density at radius 1 is 0.962 bits per heavy atom. The average molecular weight is 350 g/mol. The molecule has 0 aliphatic carbocycles. The van der Waals surface area contributed by atoms with Crippen molar-refractivity contribution < 1.29 is 0 Å². The van der Waals surface area contributed by atoms with E-state index in [-0.39, 0.29) is 5.92 Å². The van der Waals surface area contributed by atoms with Gasteiger partial charge in [-0.1, -0.05) is 53.7 Å². The van der Waals surface area contributed by atoms with Crippen LogP contribution in [0.1, 0.15) is 65.5 Å². The van der Waals surface area contributed by atoms with E-state index in [0.717, 1.165) is 22.4 Å². The third kappa shape index (κ3) is 4.66. The minimum Gasteiger partial charge on any atom is -0.398 e. The SMILES string of the molecule is C=C(C)C(=C(C)C)C(/C(C(=C)C)=C(C)/C(C)=C\C)c1ccc(C)cc1N. The van der Waals surface area contributed by atoms with Crippen LogP contribution >= 0.6 is 0 Å². The first kappa shape index (κ1) is 21.8. The number of hydrogen-bond donors (Lipinski definition) is 1. The lowest BCUT2D eigenvalue weighted by Crippen LogP contribution is -2.14. The standard InChI is InChI=1S/C25H35N/c1-11-19(9)20(10)24(17(6)7)25(23(15(2)3)16(4)5)21-13-12-18(8)14-22(21)26/h11-14,25H,2,6,26H2,1,3-5,7-10H3/b19-11-,24-20+. The molecule has 1 nitrogen and oxygen atoms in total. The minimum atomic E-state index is 0.0329. The van der Waals surface area contributed by atoms with Gasteiger partial charge in [0.15, 0.2) is 0 Å². The van der Waals surface area contributed by atoms with Gasteiger partial charge in [0.05, 0.1) is 0 Å². The number of nitrogen functional groups attached to an aromatic ring is 1.